The van der Waals surface area contributed by atoms with Crippen LogP contribution in [0, 0.1) is 6.92 Å². The highest BCUT2D eigenvalue weighted by Gasteiger charge is 2.21. The third-order valence-electron chi connectivity index (χ3n) is 5.43. The predicted molar refractivity (Wildman–Crippen MR) is 141 cm³/mol. The van der Waals surface area contributed by atoms with Crippen LogP contribution in [0.2, 0.25) is 0 Å². The lowest BCUT2D eigenvalue weighted by atomic mass is 10.1. The Hall–Kier alpha value is -3.98. The van der Waals surface area contributed by atoms with Gasteiger partial charge in [-0.2, -0.15) is 0 Å². The molecule has 0 aliphatic carbocycles. The van der Waals surface area contributed by atoms with Crippen LogP contribution in [-0.2, 0) is 4.79 Å². The molecule has 3 N–H and O–H groups in total. The first-order valence-electron chi connectivity index (χ1n) is 11.2. The normalized spacial score (nSPS) is 11.3. The number of aryl methyl sites for hydroxylation is 1. The number of carboxylic acids is 1. The van der Waals surface area contributed by atoms with Crippen LogP contribution in [-0.4, -0.2) is 42.4 Å². The van der Waals surface area contributed by atoms with Gasteiger partial charge in [0.15, 0.2) is 0 Å². The number of carboxylic acid groups (broad SMARTS) is 1. The Morgan fingerprint density at radius 1 is 0.944 bits per heavy atom. The van der Waals surface area contributed by atoms with Crippen molar-refractivity contribution in [3.8, 4) is 11.5 Å². The van der Waals surface area contributed by atoms with Crippen LogP contribution in [0.15, 0.2) is 65.6 Å². The molecule has 3 aromatic rings. The zero-order valence-corrected chi connectivity index (χ0v) is 21.3. The summed E-state index contributed by atoms with van der Waals surface area (Å²) in [6.07, 6.45) is 0.545. The van der Waals surface area contributed by atoms with Gasteiger partial charge in [-0.05, 0) is 61.4 Å². The molecule has 0 saturated heterocycles. The Balaban J connectivity index is 1.75. The molecule has 2 amide bonds. The molecule has 0 spiro atoms. The Morgan fingerprint density at radius 3 is 2.22 bits per heavy atom. The van der Waals surface area contributed by atoms with E-state index in [1.54, 1.807) is 49.4 Å². The standard InChI is InChI=1S/C27H28N2O6S/c1-5-23(25(30)29-20-14-17(27(32)33)13-12-16(20)2)36-19-9-6-8-18(15-19)28-26(31)24-21(34-3)10-7-11-22(24)35-4/h6-15,23H,5H2,1-4H3,(H,28,31)(H,29,30)(H,32,33). The molecule has 0 heterocycles. The molecule has 1 atom stereocenters. The van der Waals surface area contributed by atoms with Gasteiger partial charge >= 0.3 is 5.97 Å². The van der Waals surface area contributed by atoms with E-state index in [0.29, 0.717) is 29.3 Å². The summed E-state index contributed by atoms with van der Waals surface area (Å²) in [5, 5.41) is 14.5. The highest BCUT2D eigenvalue weighted by atomic mass is 32.2. The Bertz CT molecular complexity index is 1250. The average Bonchev–Trinajstić information content (AvgIpc) is 2.87. The second-order valence-corrected chi connectivity index (χ2v) is 9.13. The van der Waals surface area contributed by atoms with E-state index in [-0.39, 0.29) is 22.9 Å². The maximum atomic E-state index is 13.0. The topological polar surface area (TPSA) is 114 Å². The lowest BCUT2D eigenvalue weighted by molar-refractivity contribution is -0.115. The molecular weight excluding hydrogens is 480 g/mol. The first-order chi connectivity index (χ1) is 17.3. The highest BCUT2D eigenvalue weighted by Crippen LogP contribution is 2.31. The monoisotopic (exact) mass is 508 g/mol. The van der Waals surface area contributed by atoms with Gasteiger partial charge in [-0.1, -0.05) is 25.1 Å². The number of aromatic carboxylic acids is 1. The minimum Gasteiger partial charge on any atom is -0.496 e. The van der Waals surface area contributed by atoms with Crippen LogP contribution in [0.5, 0.6) is 11.5 Å². The van der Waals surface area contributed by atoms with Gasteiger partial charge in [0.2, 0.25) is 5.91 Å². The van der Waals surface area contributed by atoms with Gasteiger partial charge in [-0.15, -0.1) is 11.8 Å². The highest BCUT2D eigenvalue weighted by molar-refractivity contribution is 8.00. The van der Waals surface area contributed by atoms with Crippen molar-refractivity contribution in [1.29, 1.82) is 0 Å². The molecule has 0 radical (unpaired) electrons. The molecule has 8 nitrogen and oxygen atoms in total. The minimum absolute atomic E-state index is 0.103. The van der Waals surface area contributed by atoms with Gasteiger partial charge in [0.25, 0.3) is 5.91 Å². The SMILES string of the molecule is CCC(Sc1cccc(NC(=O)c2c(OC)cccc2OC)c1)C(=O)Nc1cc(C(=O)O)ccc1C. The molecule has 3 aromatic carbocycles. The third-order valence-corrected chi connectivity index (χ3v) is 6.79. The Labute approximate surface area is 214 Å². The Kier molecular flexibility index (Phi) is 8.97. The van der Waals surface area contributed by atoms with Crippen molar-refractivity contribution in [1.82, 2.24) is 0 Å². The van der Waals surface area contributed by atoms with Crippen LogP contribution < -0.4 is 20.1 Å². The van der Waals surface area contributed by atoms with E-state index in [9.17, 15) is 19.5 Å². The fourth-order valence-electron chi connectivity index (χ4n) is 3.51. The molecule has 0 saturated carbocycles. The van der Waals surface area contributed by atoms with E-state index < -0.39 is 11.2 Å². The molecular formula is C27H28N2O6S. The predicted octanol–water partition coefficient (Wildman–Crippen LogP) is 5.47. The quantitative estimate of drug-likeness (QED) is 0.311. The van der Waals surface area contributed by atoms with Gasteiger partial charge < -0.3 is 25.2 Å². The maximum Gasteiger partial charge on any atom is 0.335 e. The summed E-state index contributed by atoms with van der Waals surface area (Å²) in [4.78, 5) is 38.1. The van der Waals surface area contributed by atoms with Gasteiger partial charge in [-0.25, -0.2) is 4.79 Å². The molecule has 0 aromatic heterocycles. The summed E-state index contributed by atoms with van der Waals surface area (Å²) in [6.45, 7) is 3.70. The van der Waals surface area contributed by atoms with Crippen molar-refractivity contribution in [3.63, 3.8) is 0 Å². The molecule has 0 aliphatic heterocycles. The summed E-state index contributed by atoms with van der Waals surface area (Å²) in [5.74, 6) is -0.896. The largest absolute Gasteiger partial charge is 0.496 e. The lowest BCUT2D eigenvalue weighted by Gasteiger charge is -2.17. The van der Waals surface area contributed by atoms with Crippen LogP contribution >= 0.6 is 11.8 Å². The van der Waals surface area contributed by atoms with Crippen LogP contribution in [0.25, 0.3) is 0 Å². The van der Waals surface area contributed by atoms with Crippen molar-refractivity contribution in [2.75, 3.05) is 24.9 Å². The first kappa shape index (κ1) is 26.6. The summed E-state index contributed by atoms with van der Waals surface area (Å²) in [7, 11) is 2.97. The van der Waals surface area contributed by atoms with Crippen molar-refractivity contribution in [2.24, 2.45) is 0 Å². The van der Waals surface area contributed by atoms with Gasteiger partial charge in [-0.3, -0.25) is 9.59 Å². The summed E-state index contributed by atoms with van der Waals surface area (Å²) >= 11 is 1.36. The van der Waals surface area contributed by atoms with Gasteiger partial charge in [0.05, 0.1) is 25.0 Å². The summed E-state index contributed by atoms with van der Waals surface area (Å²) < 4.78 is 10.6. The van der Waals surface area contributed by atoms with Crippen LogP contribution in [0.1, 0.15) is 39.6 Å². The fourth-order valence-corrected chi connectivity index (χ4v) is 4.52. The lowest BCUT2D eigenvalue weighted by Crippen LogP contribution is -2.25. The van der Waals surface area contributed by atoms with Gasteiger partial charge in [0.1, 0.15) is 17.1 Å². The van der Waals surface area contributed by atoms with E-state index in [2.05, 4.69) is 10.6 Å². The number of carbonyl (C=O) groups is 3. The summed E-state index contributed by atoms with van der Waals surface area (Å²) in [5.41, 5.74) is 2.17. The molecule has 0 fully saturated rings. The maximum absolute atomic E-state index is 13.0. The fraction of sp³-hybridized carbons (Fsp3) is 0.222. The number of thioether (sulfide) groups is 1. The number of amides is 2. The molecule has 3 rings (SSSR count). The number of benzene rings is 3. The molecule has 0 aliphatic rings. The smallest absolute Gasteiger partial charge is 0.335 e. The number of nitrogens with one attached hydrogen (secondary N) is 2. The van der Waals surface area contributed by atoms with E-state index in [1.807, 2.05) is 13.0 Å². The second-order valence-electron chi connectivity index (χ2n) is 7.86. The van der Waals surface area contributed by atoms with E-state index in [1.165, 1.54) is 38.1 Å². The molecule has 9 heteroatoms. The third kappa shape index (κ3) is 6.37. The number of carbonyl (C=O) groups excluding carboxylic acids is 2. The van der Waals surface area contributed by atoms with Crippen molar-refractivity contribution in [2.45, 2.75) is 30.4 Å². The van der Waals surface area contributed by atoms with Crippen molar-refractivity contribution >= 4 is 40.9 Å². The number of rotatable bonds is 10. The minimum atomic E-state index is -1.06. The van der Waals surface area contributed by atoms with E-state index in [4.69, 9.17) is 9.47 Å². The number of methoxy groups -OCH3 is 2. The number of anilines is 2. The average molecular weight is 509 g/mol. The van der Waals surface area contributed by atoms with E-state index in [0.717, 1.165) is 10.5 Å². The molecule has 0 bridgehead atoms. The second kappa shape index (κ2) is 12.1. The van der Waals surface area contributed by atoms with Crippen LogP contribution in [0.4, 0.5) is 11.4 Å². The van der Waals surface area contributed by atoms with Gasteiger partial charge in [0, 0.05) is 16.3 Å². The number of ether oxygens (including phenoxy) is 2. The molecule has 1 unspecified atom stereocenters. The number of hydrogen-bond donors (Lipinski definition) is 3. The summed E-state index contributed by atoms with van der Waals surface area (Å²) in [6, 6.07) is 16.9. The zero-order chi connectivity index (χ0) is 26.2. The molecule has 188 valence electrons. The first-order valence-corrected chi connectivity index (χ1v) is 12.1. The van der Waals surface area contributed by atoms with Crippen LogP contribution in [0.3, 0.4) is 0 Å². The Morgan fingerprint density at radius 2 is 1.61 bits per heavy atom. The molecule has 36 heavy (non-hydrogen) atoms. The zero-order valence-electron chi connectivity index (χ0n) is 20.5. The van der Waals surface area contributed by atoms with Crippen molar-refractivity contribution in [3.05, 3.63) is 77.4 Å². The van der Waals surface area contributed by atoms with Crippen molar-refractivity contribution < 1.29 is 29.0 Å². The number of hydrogen-bond acceptors (Lipinski definition) is 6. The van der Waals surface area contributed by atoms with E-state index >= 15 is 0 Å².